The van der Waals surface area contributed by atoms with Crippen molar-refractivity contribution < 1.29 is 4.79 Å². The van der Waals surface area contributed by atoms with Crippen molar-refractivity contribution in [1.29, 1.82) is 0 Å². The normalized spacial score (nSPS) is 24.1. The summed E-state index contributed by atoms with van der Waals surface area (Å²) in [5, 5.41) is 0. The van der Waals surface area contributed by atoms with Crippen LogP contribution in [0.3, 0.4) is 0 Å². The van der Waals surface area contributed by atoms with Gasteiger partial charge >= 0.3 is 0 Å². The molecular formula is C16H21NO. The number of aryl methyl sites for hydroxylation is 1. The molecule has 96 valence electrons. The molecule has 3 rings (SSSR count). The lowest BCUT2D eigenvalue weighted by molar-refractivity contribution is -0.139. The van der Waals surface area contributed by atoms with Crippen LogP contribution in [-0.4, -0.2) is 17.4 Å². The van der Waals surface area contributed by atoms with Gasteiger partial charge in [0.05, 0.1) is 6.04 Å². The Hall–Kier alpha value is -1.31. The third kappa shape index (κ3) is 2.05. The predicted octanol–water partition coefficient (Wildman–Crippen LogP) is 3.46. The van der Waals surface area contributed by atoms with E-state index in [9.17, 15) is 4.79 Å². The van der Waals surface area contributed by atoms with Crippen molar-refractivity contribution in [2.24, 2.45) is 5.92 Å². The van der Waals surface area contributed by atoms with Crippen LogP contribution in [0.2, 0.25) is 0 Å². The molecule has 0 aromatic heterocycles. The van der Waals surface area contributed by atoms with Crippen LogP contribution >= 0.6 is 0 Å². The molecule has 0 radical (unpaired) electrons. The Kier molecular flexibility index (Phi) is 3.11. The van der Waals surface area contributed by atoms with Gasteiger partial charge in [0.25, 0.3) is 0 Å². The van der Waals surface area contributed by atoms with Gasteiger partial charge in [-0.2, -0.15) is 0 Å². The Morgan fingerprint density at radius 2 is 1.83 bits per heavy atom. The topological polar surface area (TPSA) is 20.3 Å². The van der Waals surface area contributed by atoms with Gasteiger partial charge in [-0.05, 0) is 38.2 Å². The summed E-state index contributed by atoms with van der Waals surface area (Å²) in [6, 6.07) is 9.01. The van der Waals surface area contributed by atoms with E-state index >= 15 is 0 Å². The van der Waals surface area contributed by atoms with Crippen molar-refractivity contribution in [3.63, 3.8) is 0 Å². The molecule has 2 heteroatoms. The summed E-state index contributed by atoms with van der Waals surface area (Å²) in [5.74, 6) is 0.736. The summed E-state index contributed by atoms with van der Waals surface area (Å²) in [4.78, 5) is 14.5. The molecule has 0 N–H and O–H groups in total. The molecule has 1 saturated heterocycles. The van der Waals surface area contributed by atoms with E-state index in [2.05, 4.69) is 36.1 Å². The molecule has 1 unspecified atom stereocenters. The first-order chi connectivity index (χ1) is 8.75. The van der Waals surface area contributed by atoms with E-state index in [4.69, 9.17) is 0 Å². The first-order valence-electron chi connectivity index (χ1n) is 7.13. The largest absolute Gasteiger partial charge is 0.335 e. The van der Waals surface area contributed by atoms with E-state index in [1.807, 2.05) is 0 Å². The zero-order chi connectivity index (χ0) is 12.5. The molecule has 1 aromatic carbocycles. The van der Waals surface area contributed by atoms with E-state index in [0.29, 0.717) is 17.9 Å². The van der Waals surface area contributed by atoms with Gasteiger partial charge in [0.2, 0.25) is 5.91 Å². The average Bonchev–Trinajstić information content (AvgIpc) is 2.76. The summed E-state index contributed by atoms with van der Waals surface area (Å²) in [7, 11) is 0. The Labute approximate surface area is 109 Å². The molecule has 18 heavy (non-hydrogen) atoms. The fourth-order valence-corrected chi connectivity index (χ4v) is 3.06. The molecule has 1 heterocycles. The molecule has 1 atom stereocenters. The minimum atomic E-state index is 0.330. The molecule has 1 aliphatic heterocycles. The number of benzene rings is 1. The second-order valence-corrected chi connectivity index (χ2v) is 5.73. The molecule has 1 saturated carbocycles. The summed E-state index contributed by atoms with van der Waals surface area (Å²) >= 11 is 0. The second-order valence-electron chi connectivity index (χ2n) is 5.73. The van der Waals surface area contributed by atoms with Gasteiger partial charge in [0.1, 0.15) is 0 Å². The SMILES string of the molecule is Cc1ccc(C2CCCN2C(=O)C2CCC2)cc1. The molecule has 0 bridgehead atoms. The summed E-state index contributed by atoms with van der Waals surface area (Å²) < 4.78 is 0. The average molecular weight is 243 g/mol. The van der Waals surface area contributed by atoms with E-state index < -0.39 is 0 Å². The molecule has 2 aliphatic rings. The molecule has 0 spiro atoms. The quantitative estimate of drug-likeness (QED) is 0.779. The van der Waals surface area contributed by atoms with Crippen LogP contribution in [0.25, 0.3) is 0 Å². The monoisotopic (exact) mass is 243 g/mol. The molecule has 1 aliphatic carbocycles. The molecule has 1 aromatic rings. The number of carbonyl (C=O) groups is 1. The maximum absolute atomic E-state index is 12.4. The van der Waals surface area contributed by atoms with Crippen molar-refractivity contribution >= 4 is 5.91 Å². The number of carbonyl (C=O) groups excluding carboxylic acids is 1. The van der Waals surface area contributed by atoms with Gasteiger partial charge in [0, 0.05) is 12.5 Å². The number of likely N-dealkylation sites (tertiary alicyclic amines) is 1. The number of hydrogen-bond acceptors (Lipinski definition) is 1. The van der Waals surface area contributed by atoms with Crippen molar-refractivity contribution in [1.82, 2.24) is 4.90 Å². The summed E-state index contributed by atoms with van der Waals surface area (Å²) in [6.45, 7) is 3.06. The first kappa shape index (κ1) is 11.8. The first-order valence-corrected chi connectivity index (χ1v) is 7.13. The van der Waals surface area contributed by atoms with Crippen LogP contribution < -0.4 is 0 Å². The second kappa shape index (κ2) is 4.75. The maximum Gasteiger partial charge on any atom is 0.226 e. The fourth-order valence-electron chi connectivity index (χ4n) is 3.06. The Balaban J connectivity index is 1.78. The molecule has 1 amide bonds. The summed E-state index contributed by atoms with van der Waals surface area (Å²) in [6.07, 6.45) is 5.73. The van der Waals surface area contributed by atoms with E-state index in [-0.39, 0.29) is 0 Å². The van der Waals surface area contributed by atoms with Crippen LogP contribution in [0.1, 0.15) is 49.3 Å². The predicted molar refractivity (Wildman–Crippen MR) is 72.2 cm³/mol. The van der Waals surface area contributed by atoms with Crippen LogP contribution in [-0.2, 0) is 4.79 Å². The molecular weight excluding hydrogens is 222 g/mol. The Bertz CT molecular complexity index is 433. The van der Waals surface area contributed by atoms with Gasteiger partial charge < -0.3 is 4.90 Å². The van der Waals surface area contributed by atoms with Crippen LogP contribution in [0, 0.1) is 12.8 Å². The number of nitrogens with zero attached hydrogens (tertiary/aromatic N) is 1. The highest BCUT2D eigenvalue weighted by atomic mass is 16.2. The van der Waals surface area contributed by atoms with Gasteiger partial charge in [0.15, 0.2) is 0 Å². The third-order valence-corrected chi connectivity index (χ3v) is 4.45. The number of hydrogen-bond donors (Lipinski definition) is 0. The smallest absolute Gasteiger partial charge is 0.226 e. The minimum Gasteiger partial charge on any atom is -0.335 e. The highest BCUT2D eigenvalue weighted by Gasteiger charge is 2.35. The van der Waals surface area contributed by atoms with E-state index in [1.165, 1.54) is 17.5 Å². The van der Waals surface area contributed by atoms with Crippen LogP contribution in [0.5, 0.6) is 0 Å². The van der Waals surface area contributed by atoms with Gasteiger partial charge in [-0.15, -0.1) is 0 Å². The number of rotatable bonds is 2. The minimum absolute atomic E-state index is 0.330. The Morgan fingerprint density at radius 3 is 2.44 bits per heavy atom. The standard InChI is InChI=1S/C16H21NO/c1-12-7-9-13(10-8-12)15-6-3-11-17(15)16(18)14-4-2-5-14/h7-10,14-15H,2-6,11H2,1H3. The fraction of sp³-hybridized carbons (Fsp3) is 0.562. The van der Waals surface area contributed by atoms with Crippen molar-refractivity contribution in [3.8, 4) is 0 Å². The van der Waals surface area contributed by atoms with Crippen LogP contribution in [0.15, 0.2) is 24.3 Å². The molecule has 2 fully saturated rings. The number of amides is 1. The van der Waals surface area contributed by atoms with Crippen molar-refractivity contribution in [3.05, 3.63) is 35.4 Å². The molecule has 2 nitrogen and oxygen atoms in total. The lowest BCUT2D eigenvalue weighted by Gasteiger charge is -2.33. The third-order valence-electron chi connectivity index (χ3n) is 4.45. The lowest BCUT2D eigenvalue weighted by atomic mass is 9.84. The van der Waals surface area contributed by atoms with Gasteiger partial charge in [-0.25, -0.2) is 0 Å². The lowest BCUT2D eigenvalue weighted by Crippen LogP contribution is -2.38. The zero-order valence-electron chi connectivity index (χ0n) is 11.1. The Morgan fingerprint density at radius 1 is 1.11 bits per heavy atom. The highest BCUT2D eigenvalue weighted by molar-refractivity contribution is 5.80. The maximum atomic E-state index is 12.4. The summed E-state index contributed by atoms with van der Waals surface area (Å²) in [5.41, 5.74) is 2.60. The van der Waals surface area contributed by atoms with E-state index in [0.717, 1.165) is 32.2 Å². The van der Waals surface area contributed by atoms with Crippen molar-refractivity contribution in [2.75, 3.05) is 6.54 Å². The highest BCUT2D eigenvalue weighted by Crippen LogP contribution is 2.37. The van der Waals surface area contributed by atoms with Gasteiger partial charge in [-0.1, -0.05) is 36.2 Å². The van der Waals surface area contributed by atoms with Crippen LogP contribution in [0.4, 0.5) is 0 Å². The van der Waals surface area contributed by atoms with E-state index in [1.54, 1.807) is 0 Å². The zero-order valence-corrected chi connectivity index (χ0v) is 11.1. The van der Waals surface area contributed by atoms with Gasteiger partial charge in [-0.3, -0.25) is 4.79 Å². The van der Waals surface area contributed by atoms with Crippen molar-refractivity contribution in [2.45, 2.75) is 45.1 Å².